The van der Waals surface area contributed by atoms with Crippen LogP contribution >= 0.6 is 0 Å². The summed E-state index contributed by atoms with van der Waals surface area (Å²) in [6.07, 6.45) is 3.17. The first-order valence-electron chi connectivity index (χ1n) is 9.00. The van der Waals surface area contributed by atoms with E-state index in [1.54, 1.807) is 0 Å². The molecule has 0 unspecified atom stereocenters. The lowest BCUT2D eigenvalue weighted by atomic mass is 10.1. The minimum atomic E-state index is 0.717. The average Bonchev–Trinajstić information content (AvgIpc) is 2.61. The quantitative estimate of drug-likeness (QED) is 0.653. The Balaban J connectivity index is 1.81. The second-order valence-electron chi connectivity index (χ2n) is 6.18. The van der Waals surface area contributed by atoms with E-state index in [4.69, 9.17) is 10.5 Å². The Bertz CT molecular complexity index is 598. The normalized spacial score (nSPS) is 11.0. The molecule has 2 N–H and O–H groups in total. The van der Waals surface area contributed by atoms with Crippen molar-refractivity contribution in [3.05, 3.63) is 59.7 Å². The summed E-state index contributed by atoms with van der Waals surface area (Å²) in [5.74, 6) is 0.805. The van der Waals surface area contributed by atoms with Crippen LogP contribution in [0, 0.1) is 0 Å². The van der Waals surface area contributed by atoms with E-state index in [0.29, 0.717) is 6.61 Å². The fourth-order valence-electron chi connectivity index (χ4n) is 2.79. The van der Waals surface area contributed by atoms with E-state index in [1.807, 2.05) is 6.07 Å². The van der Waals surface area contributed by atoms with Crippen molar-refractivity contribution >= 4 is 5.69 Å². The standard InChI is InChI=1S/C21H30N2O/c1-3-15-24-21-13-12-18(16-20(21)22)11-8-14-23(4-2)17-19-9-6-5-7-10-19/h5-7,9-10,12-13,16H,3-4,8,11,14-15,17,22H2,1-2H3. The molecule has 0 saturated carbocycles. The van der Waals surface area contributed by atoms with Crippen LogP contribution in [0.5, 0.6) is 5.75 Å². The van der Waals surface area contributed by atoms with Crippen LogP contribution in [0.2, 0.25) is 0 Å². The van der Waals surface area contributed by atoms with E-state index < -0.39 is 0 Å². The highest BCUT2D eigenvalue weighted by Gasteiger charge is 2.05. The summed E-state index contributed by atoms with van der Waals surface area (Å²) < 4.78 is 5.63. The molecule has 3 nitrogen and oxygen atoms in total. The van der Waals surface area contributed by atoms with Gasteiger partial charge in [0, 0.05) is 6.54 Å². The van der Waals surface area contributed by atoms with Crippen molar-refractivity contribution in [3.63, 3.8) is 0 Å². The average molecular weight is 326 g/mol. The zero-order valence-corrected chi connectivity index (χ0v) is 15.0. The predicted molar refractivity (Wildman–Crippen MR) is 102 cm³/mol. The van der Waals surface area contributed by atoms with Crippen molar-refractivity contribution in [2.45, 2.75) is 39.7 Å². The molecule has 130 valence electrons. The molecule has 0 radical (unpaired) electrons. The molecule has 2 aromatic rings. The summed E-state index contributed by atoms with van der Waals surface area (Å²) in [5, 5.41) is 0. The van der Waals surface area contributed by atoms with Crippen LogP contribution in [0.3, 0.4) is 0 Å². The minimum absolute atomic E-state index is 0.717. The molecular weight excluding hydrogens is 296 g/mol. The van der Waals surface area contributed by atoms with Gasteiger partial charge in [-0.2, -0.15) is 0 Å². The van der Waals surface area contributed by atoms with E-state index in [-0.39, 0.29) is 0 Å². The van der Waals surface area contributed by atoms with Crippen LogP contribution in [0.4, 0.5) is 5.69 Å². The van der Waals surface area contributed by atoms with E-state index in [1.165, 1.54) is 11.1 Å². The number of nitrogen functional groups attached to an aromatic ring is 1. The van der Waals surface area contributed by atoms with Crippen molar-refractivity contribution in [2.75, 3.05) is 25.4 Å². The van der Waals surface area contributed by atoms with Crippen molar-refractivity contribution in [1.29, 1.82) is 0 Å². The van der Waals surface area contributed by atoms with Crippen LogP contribution in [0.1, 0.15) is 37.8 Å². The molecule has 0 aliphatic carbocycles. The van der Waals surface area contributed by atoms with Gasteiger partial charge in [0.2, 0.25) is 0 Å². The molecule has 24 heavy (non-hydrogen) atoms. The summed E-state index contributed by atoms with van der Waals surface area (Å²) in [6.45, 7) is 8.22. The molecule has 0 fully saturated rings. The third-order valence-corrected chi connectivity index (χ3v) is 4.17. The molecule has 3 heteroatoms. The molecule has 0 spiro atoms. The van der Waals surface area contributed by atoms with Crippen molar-refractivity contribution in [1.82, 2.24) is 4.90 Å². The maximum Gasteiger partial charge on any atom is 0.142 e. The third-order valence-electron chi connectivity index (χ3n) is 4.17. The lowest BCUT2D eigenvalue weighted by Gasteiger charge is -2.20. The molecular formula is C21H30N2O. The zero-order valence-electron chi connectivity index (χ0n) is 15.0. The Labute approximate surface area is 146 Å². The minimum Gasteiger partial charge on any atom is -0.491 e. The van der Waals surface area contributed by atoms with Crippen LogP contribution in [0.25, 0.3) is 0 Å². The first kappa shape index (κ1) is 18.3. The van der Waals surface area contributed by atoms with Gasteiger partial charge in [-0.1, -0.05) is 50.2 Å². The van der Waals surface area contributed by atoms with Gasteiger partial charge in [-0.15, -0.1) is 0 Å². The fraction of sp³-hybridized carbons (Fsp3) is 0.429. The largest absolute Gasteiger partial charge is 0.491 e. The van der Waals surface area contributed by atoms with E-state index in [0.717, 1.165) is 50.3 Å². The SMILES string of the molecule is CCCOc1ccc(CCCN(CC)Cc2ccccc2)cc1N. The number of ether oxygens (including phenoxy) is 1. The second-order valence-corrected chi connectivity index (χ2v) is 6.18. The first-order chi connectivity index (χ1) is 11.7. The molecule has 2 rings (SSSR count). The van der Waals surface area contributed by atoms with Gasteiger partial charge in [-0.3, -0.25) is 4.90 Å². The second kappa shape index (κ2) is 9.99. The highest BCUT2D eigenvalue weighted by atomic mass is 16.5. The van der Waals surface area contributed by atoms with Crippen molar-refractivity contribution < 1.29 is 4.74 Å². The smallest absolute Gasteiger partial charge is 0.142 e. The molecule has 0 saturated heterocycles. The van der Waals surface area contributed by atoms with Crippen molar-refractivity contribution in [2.24, 2.45) is 0 Å². The number of nitrogens with zero attached hydrogens (tertiary/aromatic N) is 1. The van der Waals surface area contributed by atoms with Gasteiger partial charge in [0.05, 0.1) is 12.3 Å². The van der Waals surface area contributed by atoms with Crippen LogP contribution in [0.15, 0.2) is 48.5 Å². The maximum atomic E-state index is 6.09. The summed E-state index contributed by atoms with van der Waals surface area (Å²) in [7, 11) is 0. The van der Waals surface area contributed by atoms with Gasteiger partial charge < -0.3 is 10.5 Å². The van der Waals surface area contributed by atoms with E-state index >= 15 is 0 Å². The Morgan fingerprint density at radius 3 is 2.46 bits per heavy atom. The lowest BCUT2D eigenvalue weighted by Crippen LogP contribution is -2.24. The van der Waals surface area contributed by atoms with Crippen LogP contribution < -0.4 is 10.5 Å². The lowest BCUT2D eigenvalue weighted by molar-refractivity contribution is 0.276. The Hall–Kier alpha value is -2.00. The number of benzene rings is 2. The fourth-order valence-corrected chi connectivity index (χ4v) is 2.79. The molecule has 0 amide bonds. The van der Waals surface area contributed by atoms with Crippen LogP contribution in [-0.2, 0) is 13.0 Å². The maximum absolute atomic E-state index is 6.09. The highest BCUT2D eigenvalue weighted by Crippen LogP contribution is 2.23. The molecule has 2 aromatic carbocycles. The van der Waals surface area contributed by atoms with Gasteiger partial charge in [-0.05, 0) is 55.6 Å². The molecule has 0 aromatic heterocycles. The number of nitrogens with two attached hydrogens (primary N) is 1. The monoisotopic (exact) mass is 326 g/mol. The third kappa shape index (κ3) is 5.89. The van der Waals surface area contributed by atoms with Gasteiger partial charge in [0.15, 0.2) is 0 Å². The summed E-state index contributed by atoms with van der Waals surface area (Å²) >= 11 is 0. The first-order valence-corrected chi connectivity index (χ1v) is 9.00. The highest BCUT2D eigenvalue weighted by molar-refractivity contribution is 5.54. The number of anilines is 1. The summed E-state index contributed by atoms with van der Waals surface area (Å²) in [4.78, 5) is 2.48. The molecule has 0 bridgehead atoms. The molecule has 0 aliphatic rings. The van der Waals surface area contributed by atoms with E-state index in [2.05, 4.69) is 61.2 Å². The summed E-state index contributed by atoms with van der Waals surface area (Å²) in [6, 6.07) is 16.9. The van der Waals surface area contributed by atoms with Crippen molar-refractivity contribution in [3.8, 4) is 5.75 Å². The number of aryl methyl sites for hydroxylation is 1. The number of rotatable bonds is 10. The molecule has 0 atom stereocenters. The van der Waals surface area contributed by atoms with Crippen LogP contribution in [-0.4, -0.2) is 24.6 Å². The Morgan fingerprint density at radius 1 is 1.00 bits per heavy atom. The number of hydrogen-bond donors (Lipinski definition) is 1. The zero-order chi connectivity index (χ0) is 17.2. The van der Waals surface area contributed by atoms with Gasteiger partial charge in [0.25, 0.3) is 0 Å². The Kier molecular flexibility index (Phi) is 7.63. The predicted octanol–water partition coefficient (Wildman–Crippen LogP) is 4.51. The van der Waals surface area contributed by atoms with E-state index in [9.17, 15) is 0 Å². The van der Waals surface area contributed by atoms with Gasteiger partial charge in [-0.25, -0.2) is 0 Å². The topological polar surface area (TPSA) is 38.5 Å². The number of hydrogen-bond acceptors (Lipinski definition) is 3. The molecule has 0 aliphatic heterocycles. The summed E-state index contributed by atoms with van der Waals surface area (Å²) in [5.41, 5.74) is 9.49. The van der Waals surface area contributed by atoms with Gasteiger partial charge >= 0.3 is 0 Å². The Morgan fingerprint density at radius 2 is 1.79 bits per heavy atom. The van der Waals surface area contributed by atoms with Gasteiger partial charge in [0.1, 0.15) is 5.75 Å². The molecule has 0 heterocycles.